The van der Waals surface area contributed by atoms with Crippen molar-refractivity contribution in [1.82, 2.24) is 9.88 Å². The van der Waals surface area contributed by atoms with Crippen LogP contribution in [0.25, 0.3) is 10.2 Å². The second-order valence-corrected chi connectivity index (χ2v) is 8.50. The molecule has 1 fully saturated rings. The number of anilines is 1. The van der Waals surface area contributed by atoms with Gasteiger partial charge in [-0.05, 0) is 36.8 Å². The van der Waals surface area contributed by atoms with E-state index in [1.165, 1.54) is 10.3 Å². The maximum absolute atomic E-state index is 12.5. The predicted octanol–water partition coefficient (Wildman–Crippen LogP) is 4.05. The summed E-state index contributed by atoms with van der Waals surface area (Å²) in [5.74, 6) is 0.725. The van der Waals surface area contributed by atoms with Gasteiger partial charge < -0.3 is 9.80 Å². The Balaban J connectivity index is 1.33. The number of carbonyl (C=O) groups is 1. The summed E-state index contributed by atoms with van der Waals surface area (Å²) >= 11 is 3.35. The van der Waals surface area contributed by atoms with Crippen molar-refractivity contribution in [3.8, 4) is 0 Å². The maximum atomic E-state index is 12.5. The van der Waals surface area contributed by atoms with Crippen molar-refractivity contribution >= 4 is 44.4 Å². The van der Waals surface area contributed by atoms with Crippen LogP contribution < -0.4 is 4.90 Å². The molecule has 1 aliphatic heterocycles. The molecule has 4 rings (SSSR count). The van der Waals surface area contributed by atoms with Gasteiger partial charge in [0, 0.05) is 31.1 Å². The smallest absolute Gasteiger partial charge is 0.233 e. The molecule has 0 spiro atoms. The monoisotopic (exact) mass is 383 g/mol. The molecule has 0 saturated carbocycles. The molecule has 0 atom stereocenters. The van der Waals surface area contributed by atoms with E-state index in [0.29, 0.717) is 5.75 Å². The highest BCUT2D eigenvalue weighted by Gasteiger charge is 2.23. The van der Waals surface area contributed by atoms with Gasteiger partial charge in [0.05, 0.1) is 16.0 Å². The highest BCUT2D eigenvalue weighted by atomic mass is 32.2. The summed E-state index contributed by atoms with van der Waals surface area (Å²) in [5, 5.41) is 1.07. The molecule has 1 saturated heterocycles. The minimum Gasteiger partial charge on any atom is -0.345 e. The van der Waals surface area contributed by atoms with Crippen LogP contribution in [0.5, 0.6) is 0 Å². The van der Waals surface area contributed by atoms with Crippen molar-refractivity contribution in [1.29, 1.82) is 0 Å². The SMILES string of the molecule is Cc1ccc2nc(N3CCN(C(=O)CSc4ccccc4)CC3)sc2c1. The van der Waals surface area contributed by atoms with Crippen molar-refractivity contribution in [3.63, 3.8) is 0 Å². The Morgan fingerprint density at radius 1 is 1.12 bits per heavy atom. The first kappa shape index (κ1) is 17.4. The number of thioether (sulfide) groups is 1. The average Bonchev–Trinajstić information content (AvgIpc) is 3.10. The molecule has 1 amide bonds. The van der Waals surface area contributed by atoms with Crippen molar-refractivity contribution in [2.75, 3.05) is 36.8 Å². The molecule has 1 aromatic heterocycles. The first-order valence-electron chi connectivity index (χ1n) is 8.77. The zero-order chi connectivity index (χ0) is 17.9. The van der Waals surface area contributed by atoms with Crippen molar-refractivity contribution in [3.05, 3.63) is 54.1 Å². The molecule has 3 aromatic rings. The third-order valence-corrected chi connectivity index (χ3v) is 6.62. The average molecular weight is 384 g/mol. The van der Waals surface area contributed by atoms with E-state index < -0.39 is 0 Å². The van der Waals surface area contributed by atoms with Crippen molar-refractivity contribution in [2.45, 2.75) is 11.8 Å². The van der Waals surface area contributed by atoms with Gasteiger partial charge in [-0.3, -0.25) is 4.79 Å². The molecule has 134 valence electrons. The van der Waals surface area contributed by atoms with Crippen LogP contribution in [0.4, 0.5) is 5.13 Å². The molecular weight excluding hydrogens is 362 g/mol. The number of carbonyl (C=O) groups excluding carboxylic acids is 1. The molecule has 2 aromatic carbocycles. The zero-order valence-electron chi connectivity index (χ0n) is 14.7. The number of hydrogen-bond donors (Lipinski definition) is 0. The molecule has 4 nitrogen and oxygen atoms in total. The fourth-order valence-electron chi connectivity index (χ4n) is 3.06. The van der Waals surface area contributed by atoms with Gasteiger partial charge in [0.15, 0.2) is 5.13 Å². The summed E-state index contributed by atoms with van der Waals surface area (Å²) in [6.45, 7) is 5.34. The van der Waals surface area contributed by atoms with Crippen LogP contribution in [0.1, 0.15) is 5.56 Å². The maximum Gasteiger partial charge on any atom is 0.233 e. The lowest BCUT2D eigenvalue weighted by molar-refractivity contribution is -0.128. The standard InChI is InChI=1S/C20H21N3OS2/c1-15-7-8-17-18(13-15)26-20(21-17)23-11-9-22(10-12-23)19(24)14-25-16-5-3-2-4-6-16/h2-8,13H,9-12,14H2,1H3. The second kappa shape index (κ2) is 7.68. The van der Waals surface area contributed by atoms with E-state index in [2.05, 4.69) is 30.0 Å². The van der Waals surface area contributed by atoms with Crippen LogP contribution >= 0.6 is 23.1 Å². The van der Waals surface area contributed by atoms with Crippen LogP contribution in [0, 0.1) is 6.92 Å². The summed E-state index contributed by atoms with van der Waals surface area (Å²) in [5.41, 5.74) is 2.33. The molecule has 2 heterocycles. The van der Waals surface area contributed by atoms with Crippen molar-refractivity contribution < 1.29 is 4.79 Å². The molecule has 0 aliphatic carbocycles. The van der Waals surface area contributed by atoms with E-state index >= 15 is 0 Å². The Morgan fingerprint density at radius 2 is 1.88 bits per heavy atom. The van der Waals surface area contributed by atoms with E-state index in [9.17, 15) is 4.79 Å². The van der Waals surface area contributed by atoms with Crippen LogP contribution in [0.2, 0.25) is 0 Å². The van der Waals surface area contributed by atoms with E-state index in [1.54, 1.807) is 23.1 Å². The number of aromatic nitrogens is 1. The number of aryl methyl sites for hydroxylation is 1. The number of benzene rings is 2. The molecular formula is C20H21N3OS2. The highest BCUT2D eigenvalue weighted by Crippen LogP contribution is 2.30. The Labute approximate surface area is 161 Å². The number of hydrogen-bond acceptors (Lipinski definition) is 5. The van der Waals surface area contributed by atoms with Gasteiger partial charge in [-0.2, -0.15) is 0 Å². The molecule has 0 unspecified atom stereocenters. The lowest BCUT2D eigenvalue weighted by Crippen LogP contribution is -2.49. The van der Waals surface area contributed by atoms with Gasteiger partial charge in [0.1, 0.15) is 0 Å². The van der Waals surface area contributed by atoms with Gasteiger partial charge in [-0.15, -0.1) is 11.8 Å². The van der Waals surface area contributed by atoms with Gasteiger partial charge in [-0.25, -0.2) is 4.98 Å². The largest absolute Gasteiger partial charge is 0.345 e. The van der Waals surface area contributed by atoms with E-state index in [0.717, 1.165) is 41.7 Å². The minimum atomic E-state index is 0.221. The molecule has 0 radical (unpaired) electrons. The third kappa shape index (κ3) is 3.86. The van der Waals surface area contributed by atoms with Crippen LogP contribution in [-0.2, 0) is 4.79 Å². The molecule has 26 heavy (non-hydrogen) atoms. The zero-order valence-corrected chi connectivity index (χ0v) is 16.4. The van der Waals surface area contributed by atoms with Crippen LogP contribution in [0.3, 0.4) is 0 Å². The number of nitrogens with zero attached hydrogens (tertiary/aromatic N) is 3. The third-order valence-electron chi connectivity index (χ3n) is 4.54. The predicted molar refractivity (Wildman–Crippen MR) is 110 cm³/mol. The molecule has 6 heteroatoms. The number of thiazole rings is 1. The van der Waals surface area contributed by atoms with E-state index in [1.807, 2.05) is 35.2 Å². The quantitative estimate of drug-likeness (QED) is 0.637. The summed E-state index contributed by atoms with van der Waals surface area (Å²) in [7, 11) is 0. The first-order valence-corrected chi connectivity index (χ1v) is 10.6. The lowest BCUT2D eigenvalue weighted by atomic mass is 10.2. The Kier molecular flexibility index (Phi) is 5.13. The number of amides is 1. The van der Waals surface area contributed by atoms with E-state index in [-0.39, 0.29) is 5.91 Å². The summed E-state index contributed by atoms with van der Waals surface area (Å²) in [6, 6.07) is 16.5. The normalized spacial score (nSPS) is 14.8. The first-order chi connectivity index (χ1) is 12.7. The molecule has 0 N–H and O–H groups in total. The topological polar surface area (TPSA) is 36.4 Å². The Morgan fingerprint density at radius 3 is 2.65 bits per heavy atom. The lowest BCUT2D eigenvalue weighted by Gasteiger charge is -2.34. The Bertz CT molecular complexity index is 902. The van der Waals surface area contributed by atoms with E-state index in [4.69, 9.17) is 4.98 Å². The Hall–Kier alpha value is -2.05. The number of piperazine rings is 1. The minimum absolute atomic E-state index is 0.221. The number of rotatable bonds is 4. The fourth-order valence-corrected chi connectivity index (χ4v) is 4.99. The van der Waals surface area contributed by atoms with Crippen LogP contribution in [0.15, 0.2) is 53.4 Å². The summed E-state index contributed by atoms with van der Waals surface area (Å²) in [4.78, 5) is 22.6. The fraction of sp³-hybridized carbons (Fsp3) is 0.300. The molecule has 1 aliphatic rings. The summed E-state index contributed by atoms with van der Waals surface area (Å²) in [6.07, 6.45) is 0. The van der Waals surface area contributed by atoms with Gasteiger partial charge >= 0.3 is 0 Å². The van der Waals surface area contributed by atoms with Crippen molar-refractivity contribution in [2.24, 2.45) is 0 Å². The highest BCUT2D eigenvalue weighted by molar-refractivity contribution is 8.00. The van der Waals surface area contributed by atoms with Gasteiger partial charge in [-0.1, -0.05) is 35.6 Å². The van der Waals surface area contributed by atoms with Gasteiger partial charge in [0.25, 0.3) is 0 Å². The second-order valence-electron chi connectivity index (χ2n) is 6.44. The molecule has 0 bridgehead atoms. The summed E-state index contributed by atoms with van der Waals surface area (Å²) < 4.78 is 1.23. The number of fused-ring (bicyclic) bond motifs is 1. The van der Waals surface area contributed by atoms with Crippen LogP contribution in [-0.4, -0.2) is 47.7 Å². The van der Waals surface area contributed by atoms with Gasteiger partial charge in [0.2, 0.25) is 5.91 Å².